The summed E-state index contributed by atoms with van der Waals surface area (Å²) in [5.74, 6) is 0.653. The third-order valence-electron chi connectivity index (χ3n) is 0.958. The number of allylic oxidation sites excluding steroid dienone is 1. The van der Waals surface area contributed by atoms with Crippen LogP contribution < -0.4 is 0 Å². The fourth-order valence-corrected chi connectivity index (χ4v) is 0.514. The molecule has 3 nitrogen and oxygen atoms in total. The van der Waals surface area contributed by atoms with E-state index in [-0.39, 0.29) is 0 Å². The standard InChI is InChI=1S/C6H8N2O/c1-9-6-5-7-3-2-4-8-6/h2-4H,5H2,1H3. The number of methoxy groups -OCH3 is 1. The molecule has 1 aliphatic rings. The molecule has 0 aromatic carbocycles. The first-order valence-electron chi connectivity index (χ1n) is 2.69. The van der Waals surface area contributed by atoms with E-state index in [1.54, 1.807) is 25.6 Å². The fraction of sp³-hybridized carbons (Fsp3) is 0.333. The van der Waals surface area contributed by atoms with E-state index >= 15 is 0 Å². The normalized spacial score (nSPS) is 16.8. The second-order valence-electron chi connectivity index (χ2n) is 1.56. The molecule has 0 fully saturated rings. The Kier molecular flexibility index (Phi) is 2.01. The SMILES string of the molecule is COC1=NC=CC=NC1. The summed E-state index contributed by atoms with van der Waals surface area (Å²) < 4.78 is 4.86. The predicted molar refractivity (Wildman–Crippen MR) is 36.9 cm³/mol. The minimum Gasteiger partial charge on any atom is -0.483 e. The lowest BCUT2D eigenvalue weighted by Crippen LogP contribution is -2.03. The summed E-state index contributed by atoms with van der Waals surface area (Å²) in [5.41, 5.74) is 0. The highest BCUT2D eigenvalue weighted by Gasteiger charge is 1.93. The van der Waals surface area contributed by atoms with Crippen LogP contribution in [0.5, 0.6) is 0 Å². The van der Waals surface area contributed by atoms with Gasteiger partial charge in [-0.1, -0.05) is 0 Å². The van der Waals surface area contributed by atoms with E-state index in [1.807, 2.05) is 0 Å². The van der Waals surface area contributed by atoms with E-state index in [2.05, 4.69) is 9.98 Å². The van der Waals surface area contributed by atoms with Crippen molar-refractivity contribution in [3.05, 3.63) is 12.3 Å². The molecule has 0 saturated heterocycles. The van der Waals surface area contributed by atoms with Crippen LogP contribution in [0.4, 0.5) is 0 Å². The summed E-state index contributed by atoms with van der Waals surface area (Å²) in [7, 11) is 1.59. The molecule has 0 N–H and O–H groups in total. The molecule has 0 amide bonds. The largest absolute Gasteiger partial charge is 0.483 e. The van der Waals surface area contributed by atoms with Crippen molar-refractivity contribution in [3.8, 4) is 0 Å². The van der Waals surface area contributed by atoms with E-state index in [1.165, 1.54) is 0 Å². The highest BCUT2D eigenvalue weighted by Crippen LogP contribution is 1.87. The van der Waals surface area contributed by atoms with Crippen LogP contribution in [-0.2, 0) is 4.74 Å². The first-order chi connectivity index (χ1) is 4.43. The highest BCUT2D eigenvalue weighted by atomic mass is 16.5. The number of hydrogen-bond donors (Lipinski definition) is 0. The van der Waals surface area contributed by atoms with E-state index in [9.17, 15) is 0 Å². The Hall–Kier alpha value is -1.12. The Labute approximate surface area is 53.8 Å². The lowest BCUT2D eigenvalue weighted by molar-refractivity contribution is 0.396. The molecule has 0 spiro atoms. The molecule has 9 heavy (non-hydrogen) atoms. The quantitative estimate of drug-likeness (QED) is 0.466. The summed E-state index contributed by atoms with van der Waals surface area (Å²) in [4.78, 5) is 7.89. The van der Waals surface area contributed by atoms with Gasteiger partial charge in [0.05, 0.1) is 7.11 Å². The molecule has 0 unspecified atom stereocenters. The van der Waals surface area contributed by atoms with Crippen LogP contribution in [-0.4, -0.2) is 25.8 Å². The number of rotatable bonds is 0. The van der Waals surface area contributed by atoms with E-state index < -0.39 is 0 Å². The molecule has 1 aliphatic heterocycles. The van der Waals surface area contributed by atoms with Gasteiger partial charge >= 0.3 is 0 Å². The van der Waals surface area contributed by atoms with Crippen LogP contribution in [0.25, 0.3) is 0 Å². The van der Waals surface area contributed by atoms with Crippen molar-refractivity contribution in [2.45, 2.75) is 0 Å². The topological polar surface area (TPSA) is 34.0 Å². The van der Waals surface area contributed by atoms with Crippen molar-refractivity contribution in [1.29, 1.82) is 0 Å². The van der Waals surface area contributed by atoms with Gasteiger partial charge in [0.15, 0.2) is 0 Å². The zero-order valence-electron chi connectivity index (χ0n) is 5.24. The Balaban J connectivity index is 2.62. The van der Waals surface area contributed by atoms with Gasteiger partial charge < -0.3 is 4.74 Å². The summed E-state index contributed by atoms with van der Waals surface area (Å²) >= 11 is 0. The van der Waals surface area contributed by atoms with Crippen molar-refractivity contribution >= 4 is 12.1 Å². The van der Waals surface area contributed by atoms with Crippen molar-refractivity contribution in [2.75, 3.05) is 13.7 Å². The van der Waals surface area contributed by atoms with E-state index in [0.717, 1.165) is 0 Å². The van der Waals surface area contributed by atoms with Gasteiger partial charge in [-0.05, 0) is 6.08 Å². The Morgan fingerprint density at radius 1 is 1.67 bits per heavy atom. The van der Waals surface area contributed by atoms with Gasteiger partial charge in [-0.3, -0.25) is 4.99 Å². The lowest BCUT2D eigenvalue weighted by atomic mass is 10.6. The molecule has 0 aromatic heterocycles. The van der Waals surface area contributed by atoms with Gasteiger partial charge in [0.2, 0.25) is 5.90 Å². The second-order valence-corrected chi connectivity index (χ2v) is 1.56. The average molecular weight is 124 g/mol. The molecule has 1 heterocycles. The van der Waals surface area contributed by atoms with Crippen LogP contribution in [0.3, 0.4) is 0 Å². The monoisotopic (exact) mass is 124 g/mol. The lowest BCUT2D eigenvalue weighted by Gasteiger charge is -1.95. The minimum absolute atomic E-state index is 0.545. The maximum absolute atomic E-state index is 4.86. The van der Waals surface area contributed by atoms with Gasteiger partial charge in [0.25, 0.3) is 0 Å². The third-order valence-corrected chi connectivity index (χ3v) is 0.958. The average Bonchev–Trinajstić information content (AvgIpc) is 2.13. The first-order valence-corrected chi connectivity index (χ1v) is 2.69. The van der Waals surface area contributed by atoms with Crippen LogP contribution in [0, 0.1) is 0 Å². The van der Waals surface area contributed by atoms with Gasteiger partial charge in [-0.2, -0.15) is 0 Å². The predicted octanol–water partition coefficient (Wildman–Crippen LogP) is 0.629. The zero-order chi connectivity index (χ0) is 6.53. The number of aliphatic imine (C=N–C) groups is 2. The first kappa shape index (κ1) is 6.01. The van der Waals surface area contributed by atoms with Crippen molar-refractivity contribution in [1.82, 2.24) is 0 Å². The summed E-state index contributed by atoms with van der Waals surface area (Å²) in [6.07, 6.45) is 5.14. The molecule has 0 saturated carbocycles. The molecule has 3 heteroatoms. The highest BCUT2D eigenvalue weighted by molar-refractivity contribution is 5.83. The van der Waals surface area contributed by atoms with Crippen LogP contribution in [0.2, 0.25) is 0 Å². The fourth-order valence-electron chi connectivity index (χ4n) is 0.514. The minimum atomic E-state index is 0.545. The van der Waals surface area contributed by atoms with Crippen LogP contribution >= 0.6 is 0 Å². The van der Waals surface area contributed by atoms with E-state index in [0.29, 0.717) is 12.4 Å². The summed E-state index contributed by atoms with van der Waals surface area (Å²) in [5, 5.41) is 0. The van der Waals surface area contributed by atoms with Gasteiger partial charge in [0, 0.05) is 12.4 Å². The van der Waals surface area contributed by atoms with Crippen molar-refractivity contribution < 1.29 is 4.74 Å². The van der Waals surface area contributed by atoms with Crippen LogP contribution in [0.15, 0.2) is 22.3 Å². The summed E-state index contributed by atoms with van der Waals surface area (Å²) in [6, 6.07) is 0. The molecule has 48 valence electrons. The van der Waals surface area contributed by atoms with E-state index in [4.69, 9.17) is 4.74 Å². The zero-order valence-corrected chi connectivity index (χ0v) is 5.24. The molecular formula is C6H8N2O. The molecule has 0 bridgehead atoms. The summed E-state index contributed by atoms with van der Waals surface area (Å²) in [6.45, 7) is 0.545. The van der Waals surface area contributed by atoms with Gasteiger partial charge in [0.1, 0.15) is 6.54 Å². The molecule has 0 aliphatic carbocycles. The van der Waals surface area contributed by atoms with Crippen molar-refractivity contribution in [2.24, 2.45) is 9.98 Å². The number of ether oxygens (including phenoxy) is 1. The maximum Gasteiger partial charge on any atom is 0.209 e. The Bertz CT molecular complexity index is 170. The Morgan fingerprint density at radius 3 is 3.33 bits per heavy atom. The van der Waals surface area contributed by atoms with Gasteiger partial charge in [-0.25, -0.2) is 4.99 Å². The van der Waals surface area contributed by atoms with Crippen LogP contribution in [0.1, 0.15) is 0 Å². The van der Waals surface area contributed by atoms with Gasteiger partial charge in [-0.15, -0.1) is 0 Å². The molecule has 1 rings (SSSR count). The van der Waals surface area contributed by atoms with Crippen molar-refractivity contribution in [3.63, 3.8) is 0 Å². The molecule has 0 radical (unpaired) electrons. The second kappa shape index (κ2) is 3.02. The third kappa shape index (κ3) is 1.68. The molecular weight excluding hydrogens is 116 g/mol. The Morgan fingerprint density at radius 2 is 2.56 bits per heavy atom. The molecule has 0 atom stereocenters. The smallest absolute Gasteiger partial charge is 0.209 e. The molecule has 0 aromatic rings. The number of hydrogen-bond acceptors (Lipinski definition) is 3. The maximum atomic E-state index is 4.86. The number of nitrogens with zero attached hydrogens (tertiary/aromatic N) is 2.